The van der Waals surface area contributed by atoms with Crippen LogP contribution in [0.2, 0.25) is 0 Å². The number of rotatable bonds is 5. The largest absolute Gasteiger partial charge is 0.455 e. The predicted octanol–water partition coefficient (Wildman–Crippen LogP) is 3.78. The third-order valence-corrected chi connectivity index (χ3v) is 6.30. The van der Waals surface area contributed by atoms with Gasteiger partial charge in [-0.1, -0.05) is 29.8 Å². The van der Waals surface area contributed by atoms with Crippen LogP contribution in [0.1, 0.15) is 5.56 Å². The number of benzene rings is 3. The fraction of sp³-hybridized carbons (Fsp3) is 0.136. The SMILES string of the molecule is Cc1ccc(Oc2ccccc2NS(=O)(=O)c2ccc3c(c2)n(C)c(=O)n3C)cc1. The minimum absolute atomic E-state index is 0.0568. The molecule has 3 aromatic carbocycles. The molecule has 0 saturated carbocycles. The maximum atomic E-state index is 13.0. The standard InChI is InChI=1S/C22H21N3O4S/c1-15-8-10-16(11-9-15)29-21-7-5-4-6-18(21)23-30(27,28)17-12-13-19-20(14-17)25(3)22(26)24(19)2/h4-14,23H,1-3H3. The van der Waals surface area contributed by atoms with Crippen molar-refractivity contribution in [3.63, 3.8) is 0 Å². The van der Waals surface area contributed by atoms with E-state index in [1.54, 1.807) is 44.4 Å². The smallest absolute Gasteiger partial charge is 0.328 e. The zero-order valence-electron chi connectivity index (χ0n) is 16.8. The lowest BCUT2D eigenvalue weighted by Crippen LogP contribution is -2.19. The molecule has 7 nitrogen and oxygen atoms in total. The average Bonchev–Trinajstić information content (AvgIpc) is 2.95. The number of imidazole rings is 1. The summed E-state index contributed by atoms with van der Waals surface area (Å²) in [5.74, 6) is 0.992. The summed E-state index contributed by atoms with van der Waals surface area (Å²) in [6, 6.07) is 18.9. The minimum Gasteiger partial charge on any atom is -0.455 e. The maximum absolute atomic E-state index is 13.0. The van der Waals surface area contributed by atoms with Crippen molar-refractivity contribution in [2.45, 2.75) is 11.8 Å². The van der Waals surface area contributed by atoms with Crippen LogP contribution in [0, 0.1) is 6.92 Å². The lowest BCUT2D eigenvalue weighted by molar-refractivity contribution is 0.484. The van der Waals surface area contributed by atoms with Crippen LogP contribution in [0.3, 0.4) is 0 Å². The van der Waals surface area contributed by atoms with Crippen molar-refractivity contribution in [2.75, 3.05) is 4.72 Å². The van der Waals surface area contributed by atoms with Gasteiger partial charge in [0.15, 0.2) is 5.75 Å². The van der Waals surface area contributed by atoms with Crippen molar-refractivity contribution in [1.29, 1.82) is 0 Å². The molecular weight excluding hydrogens is 402 g/mol. The van der Waals surface area contributed by atoms with E-state index in [9.17, 15) is 13.2 Å². The molecule has 0 spiro atoms. The van der Waals surface area contributed by atoms with Gasteiger partial charge in [0, 0.05) is 14.1 Å². The van der Waals surface area contributed by atoms with Crippen LogP contribution in [0.15, 0.2) is 76.4 Å². The van der Waals surface area contributed by atoms with E-state index in [-0.39, 0.29) is 10.6 Å². The molecule has 0 fully saturated rings. The Hall–Kier alpha value is -3.52. The number of ether oxygens (including phenoxy) is 1. The van der Waals surface area contributed by atoms with Crippen molar-refractivity contribution in [3.8, 4) is 11.5 Å². The summed E-state index contributed by atoms with van der Waals surface area (Å²) in [6.07, 6.45) is 0. The minimum atomic E-state index is -3.90. The van der Waals surface area contributed by atoms with Crippen LogP contribution in [0.5, 0.6) is 11.5 Å². The number of aryl methyl sites for hydroxylation is 3. The van der Waals surface area contributed by atoms with E-state index in [2.05, 4.69) is 4.72 Å². The summed E-state index contributed by atoms with van der Waals surface area (Å²) in [5.41, 5.74) is 2.39. The van der Waals surface area contributed by atoms with Gasteiger partial charge in [-0.25, -0.2) is 13.2 Å². The van der Waals surface area contributed by atoms with Crippen LogP contribution in [0.25, 0.3) is 11.0 Å². The number of hydrogen-bond donors (Lipinski definition) is 1. The van der Waals surface area contributed by atoms with Crippen LogP contribution >= 0.6 is 0 Å². The second-order valence-corrected chi connectivity index (χ2v) is 8.75. The molecule has 154 valence electrons. The topological polar surface area (TPSA) is 82.3 Å². The summed E-state index contributed by atoms with van der Waals surface area (Å²) in [4.78, 5) is 12.2. The molecule has 1 aromatic heterocycles. The first-order valence-corrected chi connectivity index (χ1v) is 10.8. The van der Waals surface area contributed by atoms with Gasteiger partial charge in [0.25, 0.3) is 10.0 Å². The molecule has 0 radical (unpaired) electrons. The highest BCUT2D eigenvalue weighted by molar-refractivity contribution is 7.92. The van der Waals surface area contributed by atoms with Gasteiger partial charge < -0.3 is 4.74 Å². The quantitative estimate of drug-likeness (QED) is 0.530. The van der Waals surface area contributed by atoms with Gasteiger partial charge in [-0.15, -0.1) is 0 Å². The normalized spacial score (nSPS) is 11.6. The van der Waals surface area contributed by atoms with E-state index in [0.29, 0.717) is 28.2 Å². The van der Waals surface area contributed by atoms with Crippen molar-refractivity contribution in [1.82, 2.24) is 9.13 Å². The number of nitrogens with zero attached hydrogens (tertiary/aromatic N) is 2. The highest BCUT2D eigenvalue weighted by Crippen LogP contribution is 2.31. The van der Waals surface area contributed by atoms with E-state index in [4.69, 9.17) is 4.74 Å². The molecule has 0 amide bonds. The molecule has 30 heavy (non-hydrogen) atoms. The fourth-order valence-corrected chi connectivity index (χ4v) is 4.32. The Morgan fingerprint density at radius 1 is 0.867 bits per heavy atom. The monoisotopic (exact) mass is 423 g/mol. The van der Waals surface area contributed by atoms with E-state index in [0.717, 1.165) is 5.56 Å². The molecular formula is C22H21N3O4S. The number of nitrogens with one attached hydrogen (secondary N) is 1. The summed E-state index contributed by atoms with van der Waals surface area (Å²) < 4.78 is 37.4. The molecule has 4 aromatic rings. The van der Waals surface area contributed by atoms with Crippen molar-refractivity contribution in [2.24, 2.45) is 14.1 Å². The summed E-state index contributed by atoms with van der Waals surface area (Å²) >= 11 is 0. The maximum Gasteiger partial charge on any atom is 0.328 e. The molecule has 4 rings (SSSR count). The molecule has 0 aliphatic heterocycles. The second kappa shape index (κ2) is 7.38. The number of hydrogen-bond acceptors (Lipinski definition) is 4. The number of sulfonamides is 1. The van der Waals surface area contributed by atoms with E-state index in [1.165, 1.54) is 21.3 Å². The average molecular weight is 423 g/mol. The predicted molar refractivity (Wildman–Crippen MR) is 117 cm³/mol. The van der Waals surface area contributed by atoms with E-state index in [1.807, 2.05) is 31.2 Å². The molecule has 0 unspecified atom stereocenters. The van der Waals surface area contributed by atoms with Crippen LogP contribution in [-0.2, 0) is 24.1 Å². The molecule has 1 heterocycles. The van der Waals surface area contributed by atoms with Crippen molar-refractivity contribution < 1.29 is 13.2 Å². The molecule has 1 N–H and O–H groups in total. The van der Waals surface area contributed by atoms with Gasteiger partial charge >= 0.3 is 5.69 Å². The summed E-state index contributed by atoms with van der Waals surface area (Å²) in [7, 11) is -0.642. The Morgan fingerprint density at radius 2 is 1.53 bits per heavy atom. The first-order chi connectivity index (χ1) is 14.3. The first-order valence-electron chi connectivity index (χ1n) is 9.28. The van der Waals surface area contributed by atoms with Crippen LogP contribution < -0.4 is 15.1 Å². The van der Waals surface area contributed by atoms with Gasteiger partial charge in [-0.3, -0.25) is 13.9 Å². The highest BCUT2D eigenvalue weighted by Gasteiger charge is 2.19. The van der Waals surface area contributed by atoms with E-state index >= 15 is 0 Å². The Labute approximate surface area is 174 Å². The molecule has 0 atom stereocenters. The zero-order chi connectivity index (χ0) is 21.5. The van der Waals surface area contributed by atoms with Gasteiger partial charge in [0.1, 0.15) is 5.75 Å². The third-order valence-electron chi connectivity index (χ3n) is 4.93. The Bertz CT molecular complexity index is 1400. The molecule has 0 aliphatic rings. The van der Waals surface area contributed by atoms with Crippen molar-refractivity contribution in [3.05, 3.63) is 82.8 Å². The first kappa shape index (κ1) is 19.8. The van der Waals surface area contributed by atoms with Crippen LogP contribution in [0.4, 0.5) is 5.69 Å². The summed E-state index contributed by atoms with van der Waals surface area (Å²) in [5, 5.41) is 0. The highest BCUT2D eigenvalue weighted by atomic mass is 32.2. The Morgan fingerprint density at radius 3 is 2.27 bits per heavy atom. The third kappa shape index (κ3) is 3.57. The van der Waals surface area contributed by atoms with Gasteiger partial charge in [-0.2, -0.15) is 0 Å². The zero-order valence-corrected chi connectivity index (χ0v) is 17.6. The number of para-hydroxylation sites is 2. The van der Waals surface area contributed by atoms with E-state index < -0.39 is 10.0 Å². The molecule has 0 aliphatic carbocycles. The number of fused-ring (bicyclic) bond motifs is 1. The van der Waals surface area contributed by atoms with Crippen molar-refractivity contribution >= 4 is 26.7 Å². The molecule has 8 heteroatoms. The fourth-order valence-electron chi connectivity index (χ4n) is 3.23. The second-order valence-electron chi connectivity index (χ2n) is 7.07. The lowest BCUT2D eigenvalue weighted by Gasteiger charge is -2.14. The van der Waals surface area contributed by atoms with Gasteiger partial charge in [0.2, 0.25) is 0 Å². The van der Waals surface area contributed by atoms with Gasteiger partial charge in [-0.05, 0) is 49.4 Å². The van der Waals surface area contributed by atoms with Crippen LogP contribution in [-0.4, -0.2) is 17.6 Å². The molecule has 0 bridgehead atoms. The number of anilines is 1. The van der Waals surface area contributed by atoms with Gasteiger partial charge in [0.05, 0.1) is 21.6 Å². The Balaban J connectivity index is 1.69. The Kier molecular flexibility index (Phi) is 4.87. The lowest BCUT2D eigenvalue weighted by atomic mass is 10.2. The summed E-state index contributed by atoms with van der Waals surface area (Å²) in [6.45, 7) is 1.98. The number of aromatic nitrogens is 2. The molecule has 0 saturated heterocycles.